The third kappa shape index (κ3) is 5.63. The summed E-state index contributed by atoms with van der Waals surface area (Å²) in [5, 5.41) is 3.27. The Hall–Kier alpha value is -2.27. The van der Waals surface area contributed by atoms with Crippen LogP contribution in [0.1, 0.15) is 27.6 Å². The highest BCUT2D eigenvalue weighted by atomic mass is 32.2. The first-order chi connectivity index (χ1) is 12.1. The Balaban J connectivity index is 2.08. The highest BCUT2D eigenvalue weighted by molar-refractivity contribution is 7.93. The Morgan fingerprint density at radius 2 is 1.96 bits per heavy atom. The summed E-state index contributed by atoms with van der Waals surface area (Å²) in [6, 6.07) is 5.94. The van der Waals surface area contributed by atoms with Crippen molar-refractivity contribution in [3.8, 4) is 0 Å². The number of nitrogens with zero attached hydrogens (tertiary/aromatic N) is 3. The van der Waals surface area contributed by atoms with E-state index in [2.05, 4.69) is 19.0 Å². The van der Waals surface area contributed by atoms with E-state index in [4.69, 9.17) is 4.74 Å². The maximum Gasteiger partial charge on any atom is 0.471 e. The molecular formula is C15H16F3N3O4S. The van der Waals surface area contributed by atoms with E-state index in [0.29, 0.717) is 5.56 Å². The summed E-state index contributed by atoms with van der Waals surface area (Å²) in [7, 11) is -1.24. The normalized spacial score (nSPS) is 14.0. The van der Waals surface area contributed by atoms with Gasteiger partial charge in [-0.2, -0.15) is 22.5 Å². The number of ether oxygens (including phenoxy) is 1. The maximum absolute atomic E-state index is 12.4. The predicted octanol–water partition coefficient (Wildman–Crippen LogP) is 2.56. The third-order valence-electron chi connectivity index (χ3n) is 3.22. The molecule has 26 heavy (non-hydrogen) atoms. The number of hydrogen-bond donors (Lipinski definition) is 0. The summed E-state index contributed by atoms with van der Waals surface area (Å²) >= 11 is 0. The number of carbonyl (C=O) groups excluding carboxylic acids is 1. The quantitative estimate of drug-likeness (QED) is 0.751. The van der Waals surface area contributed by atoms with Crippen LogP contribution in [-0.2, 0) is 27.1 Å². The number of benzene rings is 1. The van der Waals surface area contributed by atoms with Crippen molar-refractivity contribution in [1.82, 2.24) is 10.1 Å². The molecule has 142 valence electrons. The molecule has 0 spiro atoms. The zero-order valence-corrected chi connectivity index (χ0v) is 14.8. The van der Waals surface area contributed by atoms with Gasteiger partial charge in [0.1, 0.15) is 0 Å². The second-order valence-corrected chi connectivity index (χ2v) is 7.95. The summed E-state index contributed by atoms with van der Waals surface area (Å²) < 4.78 is 62.1. The van der Waals surface area contributed by atoms with Crippen LogP contribution in [0.2, 0.25) is 0 Å². The van der Waals surface area contributed by atoms with E-state index in [1.54, 1.807) is 0 Å². The molecule has 0 radical (unpaired) electrons. The number of aromatic nitrogens is 2. The van der Waals surface area contributed by atoms with E-state index in [9.17, 15) is 22.2 Å². The zero-order chi connectivity index (χ0) is 19.4. The molecule has 0 N–H and O–H groups in total. The van der Waals surface area contributed by atoms with Crippen LogP contribution >= 0.6 is 0 Å². The van der Waals surface area contributed by atoms with Crippen molar-refractivity contribution < 1.29 is 31.4 Å². The molecule has 0 fully saturated rings. The topological polar surface area (TPSA) is 94.7 Å². The lowest BCUT2D eigenvalue weighted by molar-refractivity contribution is -0.159. The monoisotopic (exact) mass is 391 g/mol. The molecule has 0 saturated heterocycles. The molecule has 0 aliphatic heterocycles. The van der Waals surface area contributed by atoms with E-state index < -0.39 is 27.7 Å². The molecule has 11 heteroatoms. The minimum absolute atomic E-state index is 0.00352. The van der Waals surface area contributed by atoms with Crippen LogP contribution in [0.5, 0.6) is 0 Å². The van der Waals surface area contributed by atoms with Gasteiger partial charge in [-0.15, -0.1) is 0 Å². The molecule has 1 heterocycles. The summed E-state index contributed by atoms with van der Waals surface area (Å²) in [6.07, 6.45) is -3.32. The van der Waals surface area contributed by atoms with Crippen molar-refractivity contribution in [2.24, 2.45) is 4.36 Å². The van der Waals surface area contributed by atoms with Crippen molar-refractivity contribution >= 4 is 15.6 Å². The molecule has 2 rings (SSSR count). The first kappa shape index (κ1) is 20.0. The van der Waals surface area contributed by atoms with Gasteiger partial charge in [-0.1, -0.05) is 17.3 Å². The first-order valence-electron chi connectivity index (χ1n) is 7.32. The van der Waals surface area contributed by atoms with E-state index >= 15 is 0 Å². The van der Waals surface area contributed by atoms with Crippen LogP contribution in [0, 0.1) is 0 Å². The average molecular weight is 391 g/mol. The van der Waals surface area contributed by atoms with Crippen molar-refractivity contribution in [2.75, 3.05) is 25.7 Å². The van der Waals surface area contributed by atoms with Gasteiger partial charge in [0.05, 0.1) is 22.1 Å². The van der Waals surface area contributed by atoms with Crippen LogP contribution in [0.3, 0.4) is 0 Å². The molecule has 1 amide bonds. The molecule has 1 aromatic carbocycles. The van der Waals surface area contributed by atoms with E-state index in [0.717, 1.165) is 0 Å². The molecule has 0 aliphatic rings. The molecule has 1 unspecified atom stereocenters. The minimum Gasteiger partial charge on any atom is -0.384 e. The van der Waals surface area contributed by atoms with Crippen molar-refractivity contribution in [3.63, 3.8) is 0 Å². The second kappa shape index (κ2) is 7.96. The highest BCUT2D eigenvalue weighted by Gasteiger charge is 2.38. The third-order valence-corrected chi connectivity index (χ3v) is 4.69. The fourth-order valence-electron chi connectivity index (χ4n) is 1.90. The number of rotatable bonds is 6. The van der Waals surface area contributed by atoms with Crippen molar-refractivity contribution in [1.29, 1.82) is 0 Å². The smallest absolute Gasteiger partial charge is 0.384 e. The summed E-state index contributed by atoms with van der Waals surface area (Å²) in [5.41, 5.74) is 0.789. The Morgan fingerprint density at radius 3 is 2.50 bits per heavy atom. The first-order valence-corrected chi connectivity index (χ1v) is 9.42. The van der Waals surface area contributed by atoms with Crippen LogP contribution in [0.25, 0.3) is 0 Å². The summed E-state index contributed by atoms with van der Waals surface area (Å²) in [6.45, 7) is 0.218. The lowest BCUT2D eigenvalue weighted by Gasteiger charge is -2.03. The van der Waals surface area contributed by atoms with Crippen molar-refractivity contribution in [2.45, 2.75) is 12.6 Å². The minimum atomic E-state index is -4.70. The fourth-order valence-corrected chi connectivity index (χ4v) is 2.92. The molecule has 2 aromatic rings. The Bertz CT molecular complexity index is 884. The Morgan fingerprint density at radius 1 is 1.31 bits per heavy atom. The number of halogens is 3. The van der Waals surface area contributed by atoms with Gasteiger partial charge < -0.3 is 9.26 Å². The number of alkyl halides is 3. The van der Waals surface area contributed by atoms with E-state index in [1.165, 1.54) is 37.6 Å². The largest absolute Gasteiger partial charge is 0.471 e. The Kier molecular flexibility index (Phi) is 6.13. The van der Waals surface area contributed by atoms with Crippen LogP contribution in [0.4, 0.5) is 13.2 Å². The number of amides is 1. The molecule has 0 bridgehead atoms. The van der Waals surface area contributed by atoms with Crippen molar-refractivity contribution in [3.05, 3.63) is 47.1 Å². The lowest BCUT2D eigenvalue weighted by Crippen LogP contribution is -2.11. The molecule has 0 aliphatic carbocycles. The fraction of sp³-hybridized carbons (Fsp3) is 0.400. The second-order valence-electron chi connectivity index (χ2n) is 5.44. The summed E-state index contributed by atoms with van der Waals surface area (Å²) in [5.74, 6) is -2.05. The predicted molar refractivity (Wildman–Crippen MR) is 86.1 cm³/mol. The van der Waals surface area contributed by atoms with Gasteiger partial charge in [0.15, 0.2) is 5.82 Å². The Labute approximate surface area is 147 Å². The van der Waals surface area contributed by atoms with Crippen LogP contribution < -0.4 is 0 Å². The van der Waals surface area contributed by atoms with Gasteiger partial charge in [-0.05, 0) is 17.7 Å². The zero-order valence-electron chi connectivity index (χ0n) is 13.9. The maximum atomic E-state index is 12.4. The number of hydrogen-bond acceptors (Lipinski definition) is 6. The summed E-state index contributed by atoms with van der Waals surface area (Å²) in [4.78, 5) is 15.3. The van der Waals surface area contributed by atoms with Crippen LogP contribution in [-0.4, -0.2) is 46.0 Å². The van der Waals surface area contributed by atoms with Gasteiger partial charge in [-0.3, -0.25) is 4.79 Å². The van der Waals surface area contributed by atoms with Crippen LogP contribution in [0.15, 0.2) is 33.2 Å². The van der Waals surface area contributed by atoms with E-state index in [1.807, 2.05) is 0 Å². The molecule has 0 saturated carbocycles. The van der Waals surface area contributed by atoms with Gasteiger partial charge >= 0.3 is 12.1 Å². The number of carbonyl (C=O) groups is 1. The SMILES string of the molecule is COCCS(C)(=O)=NC(=O)c1ccc(Cc2noc(C(F)(F)F)n2)cc1. The molecular weight excluding hydrogens is 375 g/mol. The molecule has 1 atom stereocenters. The standard InChI is InChI=1S/C15H16F3N3O4S/c1-24-7-8-26(2,23)21-13(22)11-5-3-10(4-6-11)9-12-19-14(25-20-12)15(16,17)18/h3-6H,7-9H2,1-2H3. The number of methoxy groups -OCH3 is 1. The molecule has 1 aromatic heterocycles. The van der Waals surface area contributed by atoms with Gasteiger partial charge in [-0.25, -0.2) is 4.21 Å². The van der Waals surface area contributed by atoms with Gasteiger partial charge in [0, 0.05) is 25.3 Å². The average Bonchev–Trinajstić information content (AvgIpc) is 3.02. The van der Waals surface area contributed by atoms with Gasteiger partial charge in [0.25, 0.3) is 5.91 Å². The van der Waals surface area contributed by atoms with Gasteiger partial charge in [0.2, 0.25) is 0 Å². The van der Waals surface area contributed by atoms with E-state index in [-0.39, 0.29) is 30.2 Å². The highest BCUT2D eigenvalue weighted by Crippen LogP contribution is 2.27. The molecule has 7 nitrogen and oxygen atoms in total. The lowest BCUT2D eigenvalue weighted by atomic mass is 10.1.